The summed E-state index contributed by atoms with van der Waals surface area (Å²) in [5.74, 6) is 0.474. The summed E-state index contributed by atoms with van der Waals surface area (Å²) in [5.41, 5.74) is 9.28. The second-order valence-electron chi connectivity index (χ2n) is 18.7. The van der Waals surface area contributed by atoms with E-state index in [0.29, 0.717) is 17.2 Å². The SMILES string of the molecule is [C-]#[N+]c1ccc(N(c2ccc([Si](C)(C)C)cc2)c2cc(C3CCCCC3)c3ccc4c(N(c5ccc(C#N)cc5)c5ccc([Si](C)(C)C)cc5)ccc5ccc2c3c54)cc1. The first-order valence-electron chi connectivity index (χ1n) is 21.5. The number of nitriles is 1. The third-order valence-corrected chi connectivity index (χ3v) is 16.9. The summed E-state index contributed by atoms with van der Waals surface area (Å²) in [5, 5.41) is 20.1. The molecule has 0 aromatic heterocycles. The maximum absolute atomic E-state index is 9.72. The fourth-order valence-corrected chi connectivity index (χ4v) is 11.8. The van der Waals surface area contributed by atoms with Gasteiger partial charge in [0.05, 0.1) is 45.7 Å². The quantitative estimate of drug-likeness (QED) is 0.0827. The molecule has 9 rings (SSSR count). The molecule has 1 saturated carbocycles. The molecule has 0 aliphatic heterocycles. The fourth-order valence-electron chi connectivity index (χ4n) is 9.46. The van der Waals surface area contributed by atoms with Crippen LogP contribution in [0.3, 0.4) is 0 Å². The van der Waals surface area contributed by atoms with Crippen molar-refractivity contribution in [1.82, 2.24) is 0 Å². The van der Waals surface area contributed by atoms with Gasteiger partial charge >= 0.3 is 0 Å². The van der Waals surface area contributed by atoms with Crippen LogP contribution in [-0.4, -0.2) is 16.1 Å². The molecule has 8 aromatic carbocycles. The predicted molar refractivity (Wildman–Crippen MR) is 262 cm³/mol. The Labute approximate surface area is 357 Å². The molecule has 0 bridgehead atoms. The Balaban J connectivity index is 1.34. The molecular formula is C54H52N4Si2. The van der Waals surface area contributed by atoms with Crippen molar-refractivity contribution in [3.05, 3.63) is 162 Å². The van der Waals surface area contributed by atoms with Crippen molar-refractivity contribution in [2.45, 2.75) is 77.3 Å². The molecule has 1 fully saturated rings. The molecule has 0 unspecified atom stereocenters. The molecule has 0 spiro atoms. The third-order valence-electron chi connectivity index (χ3n) is 12.8. The van der Waals surface area contributed by atoms with Gasteiger partial charge in [0.2, 0.25) is 0 Å². The van der Waals surface area contributed by atoms with Crippen LogP contribution in [-0.2, 0) is 0 Å². The summed E-state index contributed by atoms with van der Waals surface area (Å²) in [4.78, 5) is 8.55. The highest BCUT2D eigenvalue weighted by Crippen LogP contribution is 2.50. The number of benzene rings is 8. The van der Waals surface area contributed by atoms with Gasteiger partial charge in [-0.05, 0) is 119 Å². The first-order valence-corrected chi connectivity index (χ1v) is 28.5. The van der Waals surface area contributed by atoms with Crippen LogP contribution in [0.2, 0.25) is 39.3 Å². The minimum Gasteiger partial charge on any atom is -0.310 e. The van der Waals surface area contributed by atoms with Gasteiger partial charge in [-0.15, -0.1) is 0 Å². The lowest BCUT2D eigenvalue weighted by Crippen LogP contribution is -2.37. The zero-order valence-electron chi connectivity index (χ0n) is 35.7. The normalized spacial score (nSPS) is 13.7. The Bertz CT molecular complexity index is 2920. The van der Waals surface area contributed by atoms with Crippen molar-refractivity contribution in [2.24, 2.45) is 0 Å². The van der Waals surface area contributed by atoms with Gasteiger partial charge in [0, 0.05) is 33.5 Å². The molecule has 0 heterocycles. The molecule has 8 aromatic rings. The Morgan fingerprint density at radius 2 is 1.00 bits per heavy atom. The molecule has 0 N–H and O–H groups in total. The summed E-state index contributed by atoms with van der Waals surface area (Å²) < 4.78 is 0. The van der Waals surface area contributed by atoms with E-state index in [1.807, 2.05) is 24.3 Å². The Hall–Kier alpha value is -6.19. The van der Waals surface area contributed by atoms with Gasteiger partial charge in [0.1, 0.15) is 0 Å². The van der Waals surface area contributed by atoms with Gasteiger partial charge < -0.3 is 9.80 Å². The Morgan fingerprint density at radius 1 is 0.533 bits per heavy atom. The third kappa shape index (κ3) is 7.15. The van der Waals surface area contributed by atoms with Gasteiger partial charge in [0.15, 0.2) is 5.69 Å². The molecule has 4 nitrogen and oxygen atoms in total. The van der Waals surface area contributed by atoms with Crippen LogP contribution >= 0.6 is 0 Å². The number of hydrogen-bond acceptors (Lipinski definition) is 3. The standard InChI is InChI=1S/C54H52N4Si2/c1-56-40-17-21-42(22-18-40)58(44-25-29-46(30-26-44)60(5,6)7)52-35-50(38-11-9-8-10-12-38)47-32-33-48-51(34-16-39-15-31-49(52)54(47)53(39)48)57(41-19-13-37(36-55)14-20-41)43-23-27-45(28-24-43)59(2,3)4/h13-35,38H,8-12H2,2-7H3. The van der Waals surface area contributed by atoms with E-state index in [4.69, 9.17) is 6.57 Å². The molecule has 0 amide bonds. The average molecular weight is 813 g/mol. The van der Waals surface area contributed by atoms with Crippen LogP contribution < -0.4 is 20.2 Å². The number of anilines is 6. The average Bonchev–Trinajstić information content (AvgIpc) is 3.27. The van der Waals surface area contributed by atoms with Gasteiger partial charge in [-0.2, -0.15) is 5.26 Å². The highest BCUT2D eigenvalue weighted by Gasteiger charge is 2.27. The van der Waals surface area contributed by atoms with Crippen molar-refractivity contribution in [3.63, 3.8) is 0 Å². The second-order valence-corrected chi connectivity index (χ2v) is 28.9. The van der Waals surface area contributed by atoms with Crippen LogP contribution in [0.25, 0.3) is 37.2 Å². The Morgan fingerprint density at radius 3 is 1.53 bits per heavy atom. The molecule has 0 saturated heterocycles. The second kappa shape index (κ2) is 15.4. The van der Waals surface area contributed by atoms with Crippen LogP contribution in [0.5, 0.6) is 0 Å². The fraction of sp³-hybridized carbons (Fsp3) is 0.222. The molecule has 0 radical (unpaired) electrons. The van der Waals surface area contributed by atoms with Crippen molar-refractivity contribution in [2.75, 3.05) is 9.80 Å². The van der Waals surface area contributed by atoms with E-state index in [2.05, 4.69) is 175 Å². The first kappa shape index (κ1) is 39.3. The minimum atomic E-state index is -1.53. The number of nitrogens with zero attached hydrogens (tertiary/aromatic N) is 4. The zero-order chi connectivity index (χ0) is 41.8. The lowest BCUT2D eigenvalue weighted by Gasteiger charge is -2.32. The summed E-state index contributed by atoms with van der Waals surface area (Å²) in [6, 6.07) is 53.4. The van der Waals surface area contributed by atoms with E-state index >= 15 is 0 Å². The highest BCUT2D eigenvalue weighted by atomic mass is 28.3. The van der Waals surface area contributed by atoms with Gasteiger partial charge in [-0.3, -0.25) is 0 Å². The lowest BCUT2D eigenvalue weighted by molar-refractivity contribution is 0.445. The number of rotatable bonds is 9. The van der Waals surface area contributed by atoms with E-state index in [1.54, 1.807) is 0 Å². The summed E-state index contributed by atoms with van der Waals surface area (Å²) in [6.45, 7) is 22.1. The van der Waals surface area contributed by atoms with E-state index < -0.39 is 16.1 Å². The van der Waals surface area contributed by atoms with E-state index in [9.17, 15) is 5.26 Å². The maximum atomic E-state index is 9.72. The van der Waals surface area contributed by atoms with Crippen LogP contribution in [0.15, 0.2) is 140 Å². The number of hydrogen-bond donors (Lipinski definition) is 0. The Kier molecular flexibility index (Phi) is 10.1. The van der Waals surface area contributed by atoms with Crippen LogP contribution in [0.4, 0.5) is 39.8 Å². The first-order chi connectivity index (χ1) is 28.9. The molecule has 1 aliphatic carbocycles. The largest absolute Gasteiger partial charge is 0.310 e. The van der Waals surface area contributed by atoms with Crippen LogP contribution in [0, 0.1) is 17.9 Å². The van der Waals surface area contributed by atoms with E-state index in [1.165, 1.54) is 86.0 Å². The van der Waals surface area contributed by atoms with Gasteiger partial charge in [-0.25, -0.2) is 4.85 Å². The van der Waals surface area contributed by atoms with Crippen molar-refractivity contribution in [1.29, 1.82) is 5.26 Å². The molecule has 1 aliphatic rings. The zero-order valence-corrected chi connectivity index (χ0v) is 37.7. The molecular weight excluding hydrogens is 761 g/mol. The monoisotopic (exact) mass is 812 g/mol. The summed E-state index contributed by atoms with van der Waals surface area (Å²) >= 11 is 0. The molecule has 6 heteroatoms. The highest BCUT2D eigenvalue weighted by molar-refractivity contribution is 6.89. The van der Waals surface area contributed by atoms with E-state index in [0.717, 1.165) is 28.4 Å². The van der Waals surface area contributed by atoms with E-state index in [-0.39, 0.29) is 0 Å². The summed E-state index contributed by atoms with van der Waals surface area (Å²) in [6.07, 6.45) is 6.19. The minimum absolute atomic E-state index is 0.474. The lowest BCUT2D eigenvalue weighted by atomic mass is 9.79. The molecule has 296 valence electrons. The van der Waals surface area contributed by atoms with Crippen molar-refractivity contribution < 1.29 is 0 Å². The smallest absolute Gasteiger partial charge is 0.187 e. The van der Waals surface area contributed by atoms with Crippen molar-refractivity contribution >= 4 is 98.7 Å². The van der Waals surface area contributed by atoms with Gasteiger partial charge in [0.25, 0.3) is 0 Å². The molecule has 60 heavy (non-hydrogen) atoms. The topological polar surface area (TPSA) is 34.6 Å². The van der Waals surface area contributed by atoms with Gasteiger partial charge in [-0.1, -0.05) is 136 Å². The molecule has 0 atom stereocenters. The predicted octanol–water partition coefficient (Wildman–Crippen LogP) is 15.1. The van der Waals surface area contributed by atoms with Crippen LogP contribution in [0.1, 0.15) is 49.1 Å². The maximum Gasteiger partial charge on any atom is 0.187 e. The summed E-state index contributed by atoms with van der Waals surface area (Å²) in [7, 11) is -3.05. The van der Waals surface area contributed by atoms with Crippen molar-refractivity contribution in [3.8, 4) is 6.07 Å².